The number of aliphatic carboxylic acids is 1. The highest BCUT2D eigenvalue weighted by Gasteiger charge is 2.08. The summed E-state index contributed by atoms with van der Waals surface area (Å²) < 4.78 is 12.1. The Morgan fingerprint density at radius 2 is 2.20 bits per heavy atom. The molecule has 0 amide bonds. The quantitative estimate of drug-likeness (QED) is 0.797. The minimum absolute atomic E-state index is 0.0444. The third kappa shape index (κ3) is 3.67. The van der Waals surface area contributed by atoms with Crippen LogP contribution < -0.4 is 9.47 Å². The molecule has 0 fully saturated rings. The number of carboxylic acid groups (broad SMARTS) is 1. The number of aryl methyl sites for hydroxylation is 1. The summed E-state index contributed by atoms with van der Waals surface area (Å²) >= 11 is 0. The number of aromatic nitrogens is 4. The molecule has 0 spiro atoms. The van der Waals surface area contributed by atoms with Crippen molar-refractivity contribution in [3.63, 3.8) is 0 Å². The summed E-state index contributed by atoms with van der Waals surface area (Å²) in [5, 5.41) is 19.7. The molecular weight excluding hydrogens is 264 g/mol. The summed E-state index contributed by atoms with van der Waals surface area (Å²) in [4.78, 5) is 10.5. The lowest BCUT2D eigenvalue weighted by molar-refractivity contribution is -0.137. The van der Waals surface area contributed by atoms with E-state index < -0.39 is 5.97 Å². The number of hydrogen-bond acceptors (Lipinski definition) is 6. The number of hydrogen-bond donors (Lipinski definition) is 1. The van der Waals surface area contributed by atoms with Crippen LogP contribution in [0.2, 0.25) is 0 Å². The Morgan fingerprint density at radius 3 is 2.95 bits per heavy atom. The van der Waals surface area contributed by atoms with Crippen molar-refractivity contribution in [2.24, 2.45) is 0 Å². The van der Waals surface area contributed by atoms with Crippen LogP contribution in [0.15, 0.2) is 24.3 Å². The van der Waals surface area contributed by atoms with E-state index >= 15 is 0 Å². The molecule has 1 aromatic carbocycles. The van der Waals surface area contributed by atoms with Crippen LogP contribution in [0.1, 0.15) is 12.2 Å². The summed E-state index contributed by atoms with van der Waals surface area (Å²) in [5.41, 5.74) is 0. The molecule has 106 valence electrons. The van der Waals surface area contributed by atoms with E-state index in [2.05, 4.69) is 15.5 Å². The first-order valence-electron chi connectivity index (χ1n) is 5.92. The number of tetrazole rings is 1. The van der Waals surface area contributed by atoms with E-state index in [4.69, 9.17) is 14.6 Å². The van der Waals surface area contributed by atoms with Crippen LogP contribution in [0.3, 0.4) is 0 Å². The molecule has 0 radical (unpaired) electrons. The Bertz CT molecular complexity index is 584. The Labute approximate surface area is 114 Å². The molecule has 2 rings (SSSR count). The highest BCUT2D eigenvalue weighted by molar-refractivity contribution is 5.66. The van der Waals surface area contributed by atoms with Gasteiger partial charge in [-0.3, -0.25) is 4.79 Å². The van der Waals surface area contributed by atoms with Gasteiger partial charge in [-0.25, -0.2) is 4.68 Å². The average Bonchev–Trinajstić information content (AvgIpc) is 2.90. The molecular formula is C12H14N4O4. The van der Waals surface area contributed by atoms with Crippen LogP contribution in [0.5, 0.6) is 11.5 Å². The molecule has 8 heteroatoms. The maximum absolute atomic E-state index is 10.5. The molecule has 0 saturated heterocycles. The van der Waals surface area contributed by atoms with Crippen molar-refractivity contribution < 1.29 is 19.4 Å². The van der Waals surface area contributed by atoms with Crippen LogP contribution in [-0.4, -0.2) is 38.4 Å². The Kier molecular flexibility index (Phi) is 4.48. The predicted molar refractivity (Wildman–Crippen MR) is 67.4 cm³/mol. The zero-order valence-corrected chi connectivity index (χ0v) is 10.9. The van der Waals surface area contributed by atoms with Gasteiger partial charge in [0.05, 0.1) is 20.1 Å². The van der Waals surface area contributed by atoms with Crippen molar-refractivity contribution in [1.29, 1.82) is 0 Å². The van der Waals surface area contributed by atoms with Crippen molar-refractivity contribution in [1.82, 2.24) is 20.2 Å². The van der Waals surface area contributed by atoms with Gasteiger partial charge in [0.1, 0.15) is 18.1 Å². The molecule has 1 heterocycles. The van der Waals surface area contributed by atoms with Crippen molar-refractivity contribution in [3.8, 4) is 11.5 Å². The second-order valence-electron chi connectivity index (χ2n) is 3.93. The van der Waals surface area contributed by atoms with E-state index in [0.717, 1.165) is 0 Å². The molecule has 2 aromatic rings. The van der Waals surface area contributed by atoms with Gasteiger partial charge in [-0.2, -0.15) is 0 Å². The van der Waals surface area contributed by atoms with E-state index in [1.54, 1.807) is 19.2 Å². The molecule has 0 aliphatic carbocycles. The summed E-state index contributed by atoms with van der Waals surface area (Å²) in [6, 6.07) is 7.14. The highest BCUT2D eigenvalue weighted by atomic mass is 16.5. The lowest BCUT2D eigenvalue weighted by Crippen LogP contribution is -2.11. The molecule has 0 bridgehead atoms. The van der Waals surface area contributed by atoms with Crippen molar-refractivity contribution in [3.05, 3.63) is 30.1 Å². The number of benzene rings is 1. The average molecular weight is 278 g/mol. The first-order valence-corrected chi connectivity index (χ1v) is 5.92. The SMILES string of the molecule is COc1cccc(OCc2nnnn2CCC(=O)O)c1. The minimum Gasteiger partial charge on any atom is -0.497 e. The van der Waals surface area contributed by atoms with Gasteiger partial charge < -0.3 is 14.6 Å². The normalized spacial score (nSPS) is 10.2. The smallest absolute Gasteiger partial charge is 0.305 e. The monoisotopic (exact) mass is 278 g/mol. The number of ether oxygens (including phenoxy) is 2. The Hall–Kier alpha value is -2.64. The van der Waals surface area contributed by atoms with Gasteiger partial charge >= 0.3 is 5.97 Å². The van der Waals surface area contributed by atoms with Crippen LogP contribution >= 0.6 is 0 Å². The van der Waals surface area contributed by atoms with Gasteiger partial charge in [0.2, 0.25) is 0 Å². The zero-order valence-electron chi connectivity index (χ0n) is 10.9. The first-order chi connectivity index (χ1) is 9.69. The van der Waals surface area contributed by atoms with Crippen LogP contribution in [0, 0.1) is 0 Å². The summed E-state index contributed by atoms with van der Waals surface area (Å²) in [7, 11) is 1.57. The number of methoxy groups -OCH3 is 1. The molecule has 0 unspecified atom stereocenters. The number of carbonyl (C=O) groups is 1. The lowest BCUT2D eigenvalue weighted by atomic mass is 10.3. The number of nitrogens with zero attached hydrogens (tertiary/aromatic N) is 4. The van der Waals surface area contributed by atoms with Gasteiger partial charge in [-0.05, 0) is 22.6 Å². The Balaban J connectivity index is 1.96. The zero-order chi connectivity index (χ0) is 14.4. The maximum Gasteiger partial charge on any atom is 0.305 e. The fourth-order valence-corrected chi connectivity index (χ4v) is 1.54. The van der Waals surface area contributed by atoms with Gasteiger partial charge in [-0.15, -0.1) is 5.10 Å². The lowest BCUT2D eigenvalue weighted by Gasteiger charge is -2.07. The molecule has 1 N–H and O–H groups in total. The highest BCUT2D eigenvalue weighted by Crippen LogP contribution is 2.19. The fraction of sp³-hybridized carbons (Fsp3) is 0.333. The van der Waals surface area contributed by atoms with Gasteiger partial charge in [0.25, 0.3) is 0 Å². The van der Waals surface area contributed by atoms with Crippen LogP contribution in [0.4, 0.5) is 0 Å². The topological polar surface area (TPSA) is 99.4 Å². The molecule has 0 aliphatic heterocycles. The number of carboxylic acids is 1. The predicted octanol–water partition coefficient (Wildman–Crippen LogP) is 0.735. The molecule has 0 atom stereocenters. The molecule has 0 aliphatic rings. The third-order valence-electron chi connectivity index (χ3n) is 2.55. The second kappa shape index (κ2) is 6.50. The molecule has 8 nitrogen and oxygen atoms in total. The summed E-state index contributed by atoms with van der Waals surface area (Å²) in [5.74, 6) is 0.874. The maximum atomic E-state index is 10.5. The first kappa shape index (κ1) is 13.8. The van der Waals surface area contributed by atoms with Gasteiger partial charge in [-0.1, -0.05) is 6.07 Å². The van der Waals surface area contributed by atoms with E-state index in [9.17, 15) is 4.79 Å². The molecule has 20 heavy (non-hydrogen) atoms. The van der Waals surface area contributed by atoms with Crippen molar-refractivity contribution >= 4 is 5.97 Å². The minimum atomic E-state index is -0.903. The van der Waals surface area contributed by atoms with Gasteiger partial charge in [0, 0.05) is 6.07 Å². The second-order valence-corrected chi connectivity index (χ2v) is 3.93. The number of rotatable bonds is 7. The molecule has 1 aromatic heterocycles. The Morgan fingerprint density at radius 1 is 1.40 bits per heavy atom. The van der Waals surface area contributed by atoms with Crippen molar-refractivity contribution in [2.75, 3.05) is 7.11 Å². The third-order valence-corrected chi connectivity index (χ3v) is 2.55. The van der Waals surface area contributed by atoms with Crippen LogP contribution in [0.25, 0.3) is 0 Å². The largest absolute Gasteiger partial charge is 0.497 e. The fourth-order valence-electron chi connectivity index (χ4n) is 1.54. The standard InChI is InChI=1S/C12H14N4O4/c1-19-9-3-2-4-10(7-9)20-8-11-13-14-15-16(11)6-5-12(17)18/h2-4,7H,5-6,8H2,1H3,(H,17,18). The van der Waals surface area contributed by atoms with E-state index in [1.165, 1.54) is 4.68 Å². The van der Waals surface area contributed by atoms with Gasteiger partial charge in [0.15, 0.2) is 5.82 Å². The van der Waals surface area contributed by atoms with E-state index in [1.807, 2.05) is 12.1 Å². The van der Waals surface area contributed by atoms with Crippen LogP contribution in [-0.2, 0) is 17.9 Å². The summed E-state index contributed by atoms with van der Waals surface area (Å²) in [6.07, 6.45) is -0.0444. The van der Waals surface area contributed by atoms with Crippen molar-refractivity contribution in [2.45, 2.75) is 19.6 Å². The van der Waals surface area contributed by atoms with E-state index in [-0.39, 0.29) is 19.6 Å². The molecule has 0 saturated carbocycles. The summed E-state index contributed by atoms with van der Waals surface area (Å²) in [6.45, 7) is 0.360. The van der Waals surface area contributed by atoms with E-state index in [0.29, 0.717) is 17.3 Å².